The number of hydrogen-bond acceptors (Lipinski definition) is 5. The molecule has 0 aliphatic rings. The number of aromatic nitrogens is 3. The van der Waals surface area contributed by atoms with Crippen molar-refractivity contribution in [3.63, 3.8) is 0 Å². The first-order chi connectivity index (χ1) is 16.1. The van der Waals surface area contributed by atoms with E-state index in [0.717, 1.165) is 27.6 Å². The number of carbonyl (C=O) groups is 1. The van der Waals surface area contributed by atoms with Crippen LogP contribution in [-0.2, 0) is 13.2 Å². The van der Waals surface area contributed by atoms with E-state index in [1.807, 2.05) is 41.8 Å². The SMILES string of the molecule is O=C(Nc1ncn(Cc2ccc(F)cc2)n1)c1cc(COc2ccc3ccccc3c2)cs1. The van der Waals surface area contributed by atoms with Gasteiger partial charge < -0.3 is 4.74 Å². The van der Waals surface area contributed by atoms with Crippen molar-refractivity contribution in [1.82, 2.24) is 14.8 Å². The van der Waals surface area contributed by atoms with Crippen LogP contribution in [0.2, 0.25) is 0 Å². The monoisotopic (exact) mass is 458 g/mol. The van der Waals surface area contributed by atoms with Gasteiger partial charge >= 0.3 is 0 Å². The molecule has 0 saturated carbocycles. The summed E-state index contributed by atoms with van der Waals surface area (Å²) in [6.45, 7) is 0.797. The molecule has 0 bridgehead atoms. The lowest BCUT2D eigenvalue weighted by Crippen LogP contribution is -2.12. The lowest BCUT2D eigenvalue weighted by atomic mass is 10.1. The van der Waals surface area contributed by atoms with E-state index in [2.05, 4.69) is 21.5 Å². The first-order valence-electron chi connectivity index (χ1n) is 10.3. The summed E-state index contributed by atoms with van der Waals surface area (Å²) in [6, 6.07) is 22.0. The summed E-state index contributed by atoms with van der Waals surface area (Å²) in [5, 5.41) is 11.1. The summed E-state index contributed by atoms with van der Waals surface area (Å²) in [5.74, 6) is 0.422. The maximum Gasteiger partial charge on any atom is 0.268 e. The first kappa shape index (κ1) is 20.8. The van der Waals surface area contributed by atoms with Crippen molar-refractivity contribution in [2.75, 3.05) is 5.32 Å². The van der Waals surface area contributed by atoms with Crippen molar-refractivity contribution >= 4 is 34.0 Å². The van der Waals surface area contributed by atoms with Crippen molar-refractivity contribution in [2.24, 2.45) is 0 Å². The smallest absolute Gasteiger partial charge is 0.268 e. The highest BCUT2D eigenvalue weighted by molar-refractivity contribution is 7.12. The lowest BCUT2D eigenvalue weighted by Gasteiger charge is -2.06. The molecule has 164 valence electrons. The zero-order valence-corrected chi connectivity index (χ0v) is 18.3. The van der Waals surface area contributed by atoms with E-state index in [9.17, 15) is 9.18 Å². The minimum atomic E-state index is -0.289. The predicted molar refractivity (Wildman–Crippen MR) is 126 cm³/mol. The van der Waals surface area contributed by atoms with Crippen LogP contribution < -0.4 is 10.1 Å². The van der Waals surface area contributed by atoms with Crippen LogP contribution in [0, 0.1) is 5.82 Å². The second-order valence-corrected chi connectivity index (χ2v) is 8.37. The van der Waals surface area contributed by atoms with Gasteiger partial charge in [-0.2, -0.15) is 0 Å². The van der Waals surface area contributed by atoms with E-state index >= 15 is 0 Å². The maximum atomic E-state index is 13.0. The number of anilines is 1. The van der Waals surface area contributed by atoms with E-state index in [0.29, 0.717) is 18.0 Å². The molecule has 8 heteroatoms. The van der Waals surface area contributed by atoms with E-state index < -0.39 is 0 Å². The molecule has 33 heavy (non-hydrogen) atoms. The molecule has 1 amide bonds. The summed E-state index contributed by atoms with van der Waals surface area (Å²) < 4.78 is 20.5. The Morgan fingerprint density at radius 2 is 1.82 bits per heavy atom. The Bertz CT molecular complexity index is 1410. The van der Waals surface area contributed by atoms with Crippen LogP contribution in [0.4, 0.5) is 10.3 Å². The Morgan fingerprint density at radius 3 is 2.67 bits per heavy atom. The van der Waals surface area contributed by atoms with Crippen molar-refractivity contribution in [3.05, 3.63) is 106 Å². The van der Waals surface area contributed by atoms with Gasteiger partial charge in [-0.15, -0.1) is 16.4 Å². The van der Waals surface area contributed by atoms with E-state index in [1.165, 1.54) is 29.8 Å². The molecule has 2 heterocycles. The molecule has 0 aliphatic heterocycles. The molecule has 0 atom stereocenters. The summed E-state index contributed by atoms with van der Waals surface area (Å²) in [5.41, 5.74) is 1.79. The van der Waals surface area contributed by atoms with Crippen molar-refractivity contribution < 1.29 is 13.9 Å². The van der Waals surface area contributed by atoms with Gasteiger partial charge in [0.2, 0.25) is 5.95 Å². The Morgan fingerprint density at radius 1 is 1.00 bits per heavy atom. The predicted octanol–water partition coefficient (Wildman–Crippen LogP) is 5.51. The molecule has 5 aromatic rings. The highest BCUT2D eigenvalue weighted by atomic mass is 32.1. The van der Waals surface area contributed by atoms with Crippen LogP contribution in [-0.4, -0.2) is 20.7 Å². The topological polar surface area (TPSA) is 69.0 Å². The van der Waals surface area contributed by atoms with Crippen LogP contribution >= 0.6 is 11.3 Å². The number of ether oxygens (including phenoxy) is 1. The second kappa shape index (κ2) is 9.22. The number of nitrogens with one attached hydrogen (secondary N) is 1. The molecule has 0 radical (unpaired) electrons. The molecular weight excluding hydrogens is 439 g/mol. The van der Waals surface area contributed by atoms with Crippen molar-refractivity contribution in [1.29, 1.82) is 0 Å². The average molecular weight is 459 g/mol. The third-order valence-corrected chi connectivity index (χ3v) is 6.00. The van der Waals surface area contributed by atoms with E-state index in [-0.39, 0.29) is 17.7 Å². The number of rotatable bonds is 7. The number of halogens is 1. The summed E-state index contributed by atoms with van der Waals surface area (Å²) in [4.78, 5) is 17.3. The molecule has 6 nitrogen and oxygen atoms in total. The Labute approximate surface area is 193 Å². The van der Waals surface area contributed by atoms with Gasteiger partial charge in [-0.25, -0.2) is 14.1 Å². The van der Waals surface area contributed by atoms with Gasteiger partial charge in [-0.3, -0.25) is 10.1 Å². The average Bonchev–Trinajstić information content (AvgIpc) is 3.49. The van der Waals surface area contributed by atoms with Crippen LogP contribution in [0.3, 0.4) is 0 Å². The Hall–Kier alpha value is -4.04. The third kappa shape index (κ3) is 5.07. The summed E-state index contributed by atoms with van der Waals surface area (Å²) in [7, 11) is 0. The number of hydrogen-bond donors (Lipinski definition) is 1. The number of carbonyl (C=O) groups excluding carboxylic acids is 1. The molecule has 2 aromatic heterocycles. The summed E-state index contributed by atoms with van der Waals surface area (Å²) in [6.07, 6.45) is 1.52. The number of benzene rings is 3. The van der Waals surface area contributed by atoms with E-state index in [4.69, 9.17) is 4.74 Å². The molecule has 0 spiro atoms. The number of amides is 1. The van der Waals surface area contributed by atoms with Crippen LogP contribution in [0.5, 0.6) is 5.75 Å². The quantitative estimate of drug-likeness (QED) is 0.349. The van der Waals surface area contributed by atoms with Gasteiger partial charge in [0.05, 0.1) is 11.4 Å². The Balaban J connectivity index is 1.18. The third-order valence-electron chi connectivity index (χ3n) is 5.02. The fraction of sp³-hybridized carbons (Fsp3) is 0.0800. The van der Waals surface area contributed by atoms with E-state index in [1.54, 1.807) is 22.9 Å². The number of nitrogens with zero attached hydrogens (tertiary/aromatic N) is 3. The Kier molecular flexibility index (Phi) is 5.82. The highest BCUT2D eigenvalue weighted by Gasteiger charge is 2.12. The second-order valence-electron chi connectivity index (χ2n) is 7.46. The zero-order valence-electron chi connectivity index (χ0n) is 17.4. The first-order valence-corrected chi connectivity index (χ1v) is 11.1. The van der Waals surface area contributed by atoms with Crippen LogP contribution in [0.1, 0.15) is 20.8 Å². The van der Waals surface area contributed by atoms with Gasteiger partial charge in [0.1, 0.15) is 24.5 Å². The molecular formula is C25H19FN4O2S. The van der Waals surface area contributed by atoms with Gasteiger partial charge in [0.15, 0.2) is 0 Å². The molecule has 0 fully saturated rings. The molecule has 3 aromatic carbocycles. The van der Waals surface area contributed by atoms with Gasteiger partial charge in [-0.05, 0) is 52.0 Å². The fourth-order valence-corrected chi connectivity index (χ4v) is 4.15. The minimum absolute atomic E-state index is 0.212. The lowest BCUT2D eigenvalue weighted by molar-refractivity contribution is 0.102. The fourth-order valence-electron chi connectivity index (χ4n) is 3.36. The van der Waals surface area contributed by atoms with Crippen LogP contribution in [0.15, 0.2) is 84.5 Å². The maximum absolute atomic E-state index is 13.0. The van der Waals surface area contributed by atoms with Crippen LogP contribution in [0.25, 0.3) is 10.8 Å². The standard InChI is InChI=1S/C25H19FN4O2S/c26-21-8-5-17(6-9-21)13-30-16-27-25(29-30)28-24(31)23-11-18(15-33-23)14-32-22-10-7-19-3-1-2-4-20(19)12-22/h1-12,15-16H,13-14H2,(H,28,29,31). The van der Waals surface area contributed by atoms with Crippen molar-refractivity contribution in [3.8, 4) is 5.75 Å². The molecule has 0 unspecified atom stereocenters. The van der Waals surface area contributed by atoms with Gasteiger partial charge in [-0.1, -0.05) is 42.5 Å². The molecule has 0 aliphatic carbocycles. The van der Waals surface area contributed by atoms with Crippen molar-refractivity contribution in [2.45, 2.75) is 13.2 Å². The molecule has 0 saturated heterocycles. The van der Waals surface area contributed by atoms with Gasteiger partial charge in [0.25, 0.3) is 5.91 Å². The number of fused-ring (bicyclic) bond motifs is 1. The molecule has 1 N–H and O–H groups in total. The highest BCUT2D eigenvalue weighted by Crippen LogP contribution is 2.23. The normalized spacial score (nSPS) is 10.9. The zero-order chi connectivity index (χ0) is 22.6. The number of thiophene rings is 1. The summed E-state index contributed by atoms with van der Waals surface area (Å²) >= 11 is 1.34. The van der Waals surface area contributed by atoms with Gasteiger partial charge in [0, 0.05) is 5.56 Å². The minimum Gasteiger partial charge on any atom is -0.489 e. The largest absolute Gasteiger partial charge is 0.489 e. The molecule has 5 rings (SSSR count).